The number of carbonyl (C=O) groups is 2. The van der Waals surface area contributed by atoms with Gasteiger partial charge in [-0.25, -0.2) is 13.6 Å². The molecular weight excluding hydrogens is 282 g/mol. The summed E-state index contributed by atoms with van der Waals surface area (Å²) in [6.07, 6.45) is -0.308. The summed E-state index contributed by atoms with van der Waals surface area (Å²) in [7, 11) is 0. The molecule has 1 aromatic carbocycles. The third-order valence-corrected chi connectivity index (χ3v) is 2.79. The third-order valence-electron chi connectivity index (χ3n) is 2.79. The maximum atomic E-state index is 13.0. The second-order valence-electron chi connectivity index (χ2n) is 4.65. The largest absolute Gasteiger partial charge is 0.480 e. The summed E-state index contributed by atoms with van der Waals surface area (Å²) in [6.45, 7) is 1.54. The molecule has 0 radical (unpaired) electrons. The van der Waals surface area contributed by atoms with E-state index < -0.39 is 35.5 Å². The van der Waals surface area contributed by atoms with Crippen LogP contribution in [-0.4, -0.2) is 23.0 Å². The van der Waals surface area contributed by atoms with Gasteiger partial charge in [0, 0.05) is 5.92 Å². The maximum absolute atomic E-state index is 13.0. The van der Waals surface area contributed by atoms with Crippen LogP contribution in [0.3, 0.4) is 0 Å². The standard InChI is InChI=1S/C14H14F2N2O3/c1-8(7-17)4-12(14(20)21)18-13(19)6-9-2-3-10(15)11(16)5-9/h2-3,5,8,12H,4,6H2,1H3,(H,18,19)(H,20,21)/t8-,12+/m0/s1. The molecule has 1 rings (SSSR count). The molecule has 0 unspecified atom stereocenters. The van der Waals surface area contributed by atoms with E-state index in [-0.39, 0.29) is 18.4 Å². The SMILES string of the molecule is C[C@H](C#N)C[C@@H](NC(=O)Cc1ccc(F)c(F)c1)C(=O)O. The molecule has 0 bridgehead atoms. The van der Waals surface area contributed by atoms with Gasteiger partial charge in [0.1, 0.15) is 6.04 Å². The first-order valence-electron chi connectivity index (χ1n) is 6.19. The van der Waals surface area contributed by atoms with Crippen molar-refractivity contribution in [3.63, 3.8) is 0 Å². The number of nitrogens with one attached hydrogen (secondary N) is 1. The summed E-state index contributed by atoms with van der Waals surface area (Å²) in [6, 6.07) is 3.70. The molecule has 1 amide bonds. The van der Waals surface area contributed by atoms with Gasteiger partial charge in [0.25, 0.3) is 0 Å². The first kappa shape index (κ1) is 16.6. The van der Waals surface area contributed by atoms with Crippen molar-refractivity contribution in [3.05, 3.63) is 35.4 Å². The number of rotatable bonds is 6. The lowest BCUT2D eigenvalue weighted by atomic mass is 10.0. The molecule has 0 heterocycles. The smallest absolute Gasteiger partial charge is 0.326 e. The number of amides is 1. The molecule has 0 saturated carbocycles. The minimum Gasteiger partial charge on any atom is -0.480 e. The Morgan fingerprint density at radius 2 is 2.05 bits per heavy atom. The molecule has 2 N–H and O–H groups in total. The Labute approximate surface area is 120 Å². The summed E-state index contributed by atoms with van der Waals surface area (Å²) >= 11 is 0. The highest BCUT2D eigenvalue weighted by Gasteiger charge is 2.22. The van der Waals surface area contributed by atoms with Crippen LogP contribution in [0.1, 0.15) is 18.9 Å². The maximum Gasteiger partial charge on any atom is 0.326 e. The molecule has 2 atom stereocenters. The average Bonchev–Trinajstić information content (AvgIpc) is 2.41. The molecule has 5 nitrogen and oxygen atoms in total. The van der Waals surface area contributed by atoms with E-state index in [1.165, 1.54) is 13.0 Å². The van der Waals surface area contributed by atoms with E-state index in [9.17, 15) is 18.4 Å². The van der Waals surface area contributed by atoms with Crippen molar-refractivity contribution >= 4 is 11.9 Å². The monoisotopic (exact) mass is 296 g/mol. The number of hydrogen-bond acceptors (Lipinski definition) is 3. The van der Waals surface area contributed by atoms with E-state index >= 15 is 0 Å². The highest BCUT2D eigenvalue weighted by atomic mass is 19.2. The van der Waals surface area contributed by atoms with Gasteiger partial charge in [0.2, 0.25) is 5.91 Å². The predicted octanol–water partition coefficient (Wildman–Crippen LogP) is 1.63. The van der Waals surface area contributed by atoms with E-state index in [2.05, 4.69) is 5.32 Å². The second kappa shape index (κ2) is 7.33. The van der Waals surface area contributed by atoms with Crippen LogP contribution in [0.15, 0.2) is 18.2 Å². The first-order valence-corrected chi connectivity index (χ1v) is 6.19. The summed E-state index contributed by atoms with van der Waals surface area (Å²) in [4.78, 5) is 22.7. The fraction of sp³-hybridized carbons (Fsp3) is 0.357. The number of aliphatic carboxylic acids is 1. The van der Waals surface area contributed by atoms with Crippen LogP contribution in [0.5, 0.6) is 0 Å². The van der Waals surface area contributed by atoms with Gasteiger partial charge in [-0.15, -0.1) is 0 Å². The van der Waals surface area contributed by atoms with E-state index in [1.54, 1.807) is 0 Å². The number of nitriles is 1. The van der Waals surface area contributed by atoms with Crippen LogP contribution in [0.2, 0.25) is 0 Å². The quantitative estimate of drug-likeness (QED) is 0.834. The number of carbonyl (C=O) groups excluding carboxylic acids is 1. The number of halogens is 2. The molecular formula is C14H14F2N2O3. The Kier molecular flexibility index (Phi) is 5.79. The van der Waals surface area contributed by atoms with E-state index in [0.717, 1.165) is 12.1 Å². The first-order chi connectivity index (χ1) is 9.83. The topological polar surface area (TPSA) is 90.2 Å². The normalized spacial score (nSPS) is 13.0. The van der Waals surface area contributed by atoms with Crippen LogP contribution in [0.4, 0.5) is 8.78 Å². The lowest BCUT2D eigenvalue weighted by Gasteiger charge is -2.15. The van der Waals surface area contributed by atoms with Crippen molar-refractivity contribution in [1.82, 2.24) is 5.32 Å². The van der Waals surface area contributed by atoms with Crippen LogP contribution in [0.25, 0.3) is 0 Å². The van der Waals surface area contributed by atoms with Crippen molar-refractivity contribution in [2.24, 2.45) is 5.92 Å². The van der Waals surface area contributed by atoms with Crippen molar-refractivity contribution in [3.8, 4) is 6.07 Å². The molecule has 0 aliphatic heterocycles. The van der Waals surface area contributed by atoms with Crippen LogP contribution < -0.4 is 5.32 Å². The molecule has 0 saturated heterocycles. The van der Waals surface area contributed by atoms with Crippen molar-refractivity contribution < 1.29 is 23.5 Å². The molecule has 7 heteroatoms. The van der Waals surface area contributed by atoms with E-state index in [0.29, 0.717) is 0 Å². The fourth-order valence-electron chi connectivity index (χ4n) is 1.71. The van der Waals surface area contributed by atoms with Crippen molar-refractivity contribution in [2.75, 3.05) is 0 Å². The highest BCUT2D eigenvalue weighted by molar-refractivity contribution is 5.84. The molecule has 21 heavy (non-hydrogen) atoms. The van der Waals surface area contributed by atoms with Gasteiger partial charge in [-0.2, -0.15) is 5.26 Å². The second-order valence-corrected chi connectivity index (χ2v) is 4.65. The fourth-order valence-corrected chi connectivity index (χ4v) is 1.71. The lowest BCUT2D eigenvalue weighted by Crippen LogP contribution is -2.42. The minimum absolute atomic E-state index is 0.0324. The number of benzene rings is 1. The van der Waals surface area contributed by atoms with Gasteiger partial charge < -0.3 is 10.4 Å². The number of hydrogen-bond donors (Lipinski definition) is 2. The van der Waals surface area contributed by atoms with Gasteiger partial charge in [-0.3, -0.25) is 4.79 Å². The third kappa shape index (κ3) is 5.18. The Bertz CT molecular complexity index is 584. The molecule has 112 valence electrons. The van der Waals surface area contributed by atoms with Crippen LogP contribution in [-0.2, 0) is 16.0 Å². The molecule has 0 aromatic heterocycles. The van der Waals surface area contributed by atoms with E-state index in [4.69, 9.17) is 10.4 Å². The predicted molar refractivity (Wildman–Crippen MR) is 69.0 cm³/mol. The number of carboxylic acids is 1. The summed E-state index contributed by atoms with van der Waals surface area (Å²) in [5, 5.41) is 19.9. The lowest BCUT2D eigenvalue weighted by molar-refractivity contribution is -0.142. The Balaban J connectivity index is 2.67. The summed E-state index contributed by atoms with van der Waals surface area (Å²) in [5.41, 5.74) is 0.226. The van der Waals surface area contributed by atoms with Gasteiger partial charge in [-0.1, -0.05) is 6.07 Å². The number of nitrogens with zero attached hydrogens (tertiary/aromatic N) is 1. The van der Waals surface area contributed by atoms with Crippen LogP contribution in [0, 0.1) is 28.9 Å². The van der Waals surface area contributed by atoms with Crippen molar-refractivity contribution in [1.29, 1.82) is 5.26 Å². The summed E-state index contributed by atoms with van der Waals surface area (Å²) in [5.74, 6) is -4.53. The zero-order valence-corrected chi connectivity index (χ0v) is 11.3. The average molecular weight is 296 g/mol. The van der Waals surface area contributed by atoms with Gasteiger partial charge in [0.05, 0.1) is 12.5 Å². The highest BCUT2D eigenvalue weighted by Crippen LogP contribution is 2.10. The minimum atomic E-state index is -1.25. The van der Waals surface area contributed by atoms with Gasteiger partial charge >= 0.3 is 5.97 Å². The number of carboxylic acid groups (broad SMARTS) is 1. The molecule has 0 aliphatic rings. The molecule has 0 aliphatic carbocycles. The Morgan fingerprint density at radius 1 is 1.38 bits per heavy atom. The Morgan fingerprint density at radius 3 is 2.57 bits per heavy atom. The zero-order chi connectivity index (χ0) is 16.0. The Hall–Kier alpha value is -2.49. The molecule has 0 fully saturated rings. The van der Waals surface area contributed by atoms with Gasteiger partial charge in [0.15, 0.2) is 11.6 Å². The van der Waals surface area contributed by atoms with E-state index in [1.807, 2.05) is 6.07 Å². The van der Waals surface area contributed by atoms with Crippen molar-refractivity contribution in [2.45, 2.75) is 25.8 Å². The molecule has 0 spiro atoms. The zero-order valence-electron chi connectivity index (χ0n) is 11.3. The molecule has 1 aromatic rings. The van der Waals surface area contributed by atoms with Crippen LogP contribution >= 0.6 is 0 Å². The summed E-state index contributed by atoms with van der Waals surface area (Å²) < 4.78 is 25.8. The van der Waals surface area contributed by atoms with Gasteiger partial charge in [-0.05, 0) is 31.0 Å².